The van der Waals surface area contributed by atoms with E-state index in [1.54, 1.807) is 24.0 Å². The van der Waals surface area contributed by atoms with Gasteiger partial charge in [-0.2, -0.15) is 0 Å². The average molecular weight is 455 g/mol. The fraction of sp³-hybridized carbons (Fsp3) is 0.190. The molecule has 31 heavy (non-hydrogen) atoms. The molecule has 0 bridgehead atoms. The number of halogens is 1. The van der Waals surface area contributed by atoms with Gasteiger partial charge in [0.15, 0.2) is 0 Å². The van der Waals surface area contributed by atoms with E-state index in [1.807, 2.05) is 34.9 Å². The molecule has 1 aliphatic rings. The molecule has 3 heterocycles. The van der Waals surface area contributed by atoms with Gasteiger partial charge in [-0.15, -0.1) is 11.8 Å². The van der Waals surface area contributed by atoms with Gasteiger partial charge in [-0.3, -0.25) is 0 Å². The normalized spacial score (nSPS) is 21.1. The summed E-state index contributed by atoms with van der Waals surface area (Å²) in [5.41, 5.74) is 13.8. The lowest BCUT2D eigenvalue weighted by Gasteiger charge is -2.19. The molecule has 1 aliphatic carbocycles. The summed E-state index contributed by atoms with van der Waals surface area (Å²) in [5, 5.41) is 23.3. The van der Waals surface area contributed by atoms with Crippen LogP contribution in [0.1, 0.15) is 6.04 Å². The van der Waals surface area contributed by atoms with Crippen LogP contribution in [0.15, 0.2) is 59.4 Å². The van der Waals surface area contributed by atoms with Gasteiger partial charge in [0, 0.05) is 22.2 Å². The molecule has 0 radical (unpaired) electrons. The Balaban J connectivity index is 1.39. The van der Waals surface area contributed by atoms with Crippen molar-refractivity contribution in [3.63, 3.8) is 0 Å². The second-order valence-electron chi connectivity index (χ2n) is 7.39. The topological polar surface area (TPSA) is 136 Å². The van der Waals surface area contributed by atoms with Crippen molar-refractivity contribution in [2.75, 3.05) is 17.2 Å². The lowest BCUT2D eigenvalue weighted by Crippen LogP contribution is -2.29. The summed E-state index contributed by atoms with van der Waals surface area (Å²) in [7, 11) is 0. The third-order valence-electron chi connectivity index (χ3n) is 5.47. The van der Waals surface area contributed by atoms with E-state index in [9.17, 15) is 10.2 Å². The maximum Gasteiger partial charge on any atom is 0.146 e. The Morgan fingerprint density at radius 3 is 2.77 bits per heavy atom. The number of anilines is 2. The molecule has 0 saturated carbocycles. The highest BCUT2D eigenvalue weighted by atomic mass is 35.5. The smallest absolute Gasteiger partial charge is 0.146 e. The summed E-state index contributed by atoms with van der Waals surface area (Å²) in [6.07, 6.45) is 3.12. The first kappa shape index (κ1) is 20.1. The third kappa shape index (κ3) is 3.49. The summed E-state index contributed by atoms with van der Waals surface area (Å²) in [6.45, 7) is 0. The van der Waals surface area contributed by atoms with E-state index >= 15 is 0 Å². The van der Waals surface area contributed by atoms with E-state index < -0.39 is 18.2 Å². The maximum absolute atomic E-state index is 10.7. The van der Waals surface area contributed by atoms with Crippen LogP contribution in [0.5, 0.6) is 0 Å². The van der Waals surface area contributed by atoms with Gasteiger partial charge in [0.1, 0.15) is 35.8 Å². The minimum absolute atomic E-state index is 0.291. The molecule has 6 N–H and O–H groups in total. The molecule has 0 unspecified atom stereocenters. The van der Waals surface area contributed by atoms with E-state index in [0.717, 1.165) is 21.4 Å². The van der Waals surface area contributed by atoms with Gasteiger partial charge in [-0.25, -0.2) is 15.0 Å². The standard InChI is InChI=1S/C21H19ClN6O2S/c22-14-5-10-1-2-12(7-15(10)27-20(14)24)31-8-11-6-16(18(30)17(11)29)28-4-3-13-19(23)25-9-26-21(13)28/h1-7,9,16-18,29-30H,8H2,(H2,24,27)(H2,23,25,26)/t16-,17-,18+/m1/s1. The Kier molecular flexibility index (Phi) is 4.98. The molecular weight excluding hydrogens is 436 g/mol. The number of nitrogen functional groups attached to an aromatic ring is 2. The number of hydrogen-bond acceptors (Lipinski definition) is 8. The van der Waals surface area contributed by atoms with Crippen LogP contribution in [0.2, 0.25) is 5.02 Å². The molecule has 0 spiro atoms. The predicted octanol–water partition coefficient (Wildman–Crippen LogP) is 2.79. The van der Waals surface area contributed by atoms with Gasteiger partial charge in [-0.1, -0.05) is 23.7 Å². The van der Waals surface area contributed by atoms with Gasteiger partial charge in [0.25, 0.3) is 0 Å². The second kappa shape index (κ2) is 7.69. The zero-order valence-electron chi connectivity index (χ0n) is 16.2. The van der Waals surface area contributed by atoms with Crippen molar-refractivity contribution in [2.45, 2.75) is 23.1 Å². The van der Waals surface area contributed by atoms with Crippen molar-refractivity contribution < 1.29 is 10.2 Å². The summed E-state index contributed by atoms with van der Waals surface area (Å²) in [5.74, 6) is 1.18. The van der Waals surface area contributed by atoms with Crippen LogP contribution >= 0.6 is 23.4 Å². The molecule has 3 aromatic heterocycles. The van der Waals surface area contributed by atoms with Crippen LogP contribution in [0.25, 0.3) is 21.9 Å². The summed E-state index contributed by atoms with van der Waals surface area (Å²) in [6, 6.07) is 8.98. The molecule has 5 rings (SSSR count). The number of thioether (sulfide) groups is 1. The van der Waals surface area contributed by atoms with E-state index in [1.165, 1.54) is 6.33 Å². The number of nitrogens with two attached hydrogens (primary N) is 2. The number of aliphatic hydroxyl groups excluding tert-OH is 2. The zero-order chi connectivity index (χ0) is 21.7. The number of hydrogen-bond donors (Lipinski definition) is 4. The number of pyridine rings is 1. The van der Waals surface area contributed by atoms with Crippen LogP contribution in [-0.2, 0) is 0 Å². The monoisotopic (exact) mass is 454 g/mol. The second-order valence-corrected chi connectivity index (χ2v) is 8.84. The average Bonchev–Trinajstić information content (AvgIpc) is 3.30. The summed E-state index contributed by atoms with van der Waals surface area (Å²) < 4.78 is 1.81. The lowest BCUT2D eigenvalue weighted by molar-refractivity contribution is 0.0332. The molecule has 8 nitrogen and oxygen atoms in total. The molecule has 0 amide bonds. The number of aromatic nitrogens is 4. The summed E-state index contributed by atoms with van der Waals surface area (Å²) >= 11 is 7.58. The molecule has 3 atom stereocenters. The van der Waals surface area contributed by atoms with Crippen LogP contribution < -0.4 is 11.5 Å². The van der Waals surface area contributed by atoms with Gasteiger partial charge in [0.2, 0.25) is 0 Å². The number of benzene rings is 1. The zero-order valence-corrected chi connectivity index (χ0v) is 17.8. The van der Waals surface area contributed by atoms with Gasteiger partial charge in [0.05, 0.1) is 22.0 Å². The summed E-state index contributed by atoms with van der Waals surface area (Å²) in [4.78, 5) is 13.6. The number of aliphatic hydroxyl groups is 2. The van der Waals surface area contributed by atoms with Crippen molar-refractivity contribution in [1.82, 2.24) is 19.5 Å². The van der Waals surface area contributed by atoms with Gasteiger partial charge >= 0.3 is 0 Å². The maximum atomic E-state index is 10.7. The Hall–Kier alpha value is -2.85. The SMILES string of the molecule is Nc1nc2cc(SCC3=C[C@@H](n4ccc5c(N)ncnc54)[C@H](O)[C@@H]3O)ccc2cc1Cl. The van der Waals surface area contributed by atoms with Gasteiger partial charge in [-0.05, 0) is 29.8 Å². The molecule has 158 valence electrons. The number of nitrogens with zero attached hydrogens (tertiary/aromatic N) is 4. The Labute approximate surface area is 186 Å². The van der Waals surface area contributed by atoms with E-state index in [0.29, 0.717) is 33.4 Å². The van der Waals surface area contributed by atoms with Crippen LogP contribution in [-0.4, -0.2) is 47.7 Å². The molecule has 0 aliphatic heterocycles. The Morgan fingerprint density at radius 2 is 1.94 bits per heavy atom. The highest BCUT2D eigenvalue weighted by Crippen LogP contribution is 2.36. The van der Waals surface area contributed by atoms with Crippen molar-refractivity contribution in [3.05, 3.63) is 59.5 Å². The molecule has 0 fully saturated rings. The fourth-order valence-electron chi connectivity index (χ4n) is 3.82. The molecular formula is C21H19ClN6O2S. The van der Waals surface area contributed by atoms with Crippen molar-refractivity contribution >= 4 is 56.9 Å². The number of rotatable bonds is 4. The first-order valence-corrected chi connectivity index (χ1v) is 10.9. The molecule has 0 saturated heterocycles. The van der Waals surface area contributed by atoms with Crippen molar-refractivity contribution in [2.24, 2.45) is 0 Å². The third-order valence-corrected chi connectivity index (χ3v) is 6.84. The lowest BCUT2D eigenvalue weighted by atomic mass is 10.1. The fourth-order valence-corrected chi connectivity index (χ4v) is 4.94. The van der Waals surface area contributed by atoms with E-state index in [2.05, 4.69) is 15.0 Å². The minimum atomic E-state index is -0.984. The highest BCUT2D eigenvalue weighted by Gasteiger charge is 2.36. The first-order chi connectivity index (χ1) is 14.9. The van der Waals surface area contributed by atoms with E-state index in [4.69, 9.17) is 23.1 Å². The Morgan fingerprint density at radius 1 is 1.10 bits per heavy atom. The highest BCUT2D eigenvalue weighted by molar-refractivity contribution is 7.99. The molecule has 1 aromatic carbocycles. The molecule has 4 aromatic rings. The number of fused-ring (bicyclic) bond motifs is 2. The van der Waals surface area contributed by atoms with Crippen molar-refractivity contribution in [3.8, 4) is 0 Å². The van der Waals surface area contributed by atoms with Crippen LogP contribution in [0.3, 0.4) is 0 Å². The van der Waals surface area contributed by atoms with Crippen molar-refractivity contribution in [1.29, 1.82) is 0 Å². The van der Waals surface area contributed by atoms with Crippen LogP contribution in [0.4, 0.5) is 11.6 Å². The van der Waals surface area contributed by atoms with E-state index in [-0.39, 0.29) is 0 Å². The largest absolute Gasteiger partial charge is 0.388 e. The first-order valence-electron chi connectivity index (χ1n) is 9.54. The molecule has 10 heteroatoms. The Bertz CT molecular complexity index is 1340. The van der Waals surface area contributed by atoms with Crippen LogP contribution in [0, 0.1) is 0 Å². The minimum Gasteiger partial charge on any atom is -0.388 e. The van der Waals surface area contributed by atoms with Gasteiger partial charge < -0.3 is 26.2 Å². The quantitative estimate of drug-likeness (QED) is 0.273. The predicted molar refractivity (Wildman–Crippen MR) is 123 cm³/mol.